The second kappa shape index (κ2) is 7.28. The van der Waals surface area contributed by atoms with Gasteiger partial charge in [-0.05, 0) is 73.7 Å². The van der Waals surface area contributed by atoms with Gasteiger partial charge in [-0.2, -0.15) is 13.2 Å². The number of benzene rings is 2. The highest BCUT2D eigenvalue weighted by molar-refractivity contribution is 6.30. The topological polar surface area (TPSA) is 16.1 Å². The van der Waals surface area contributed by atoms with Gasteiger partial charge in [-0.25, -0.2) is 4.98 Å². The Kier molecular flexibility index (Phi) is 4.96. The minimum Gasteiger partial charge on any atom is -0.357 e. The van der Waals surface area contributed by atoms with E-state index in [9.17, 15) is 13.2 Å². The van der Waals surface area contributed by atoms with Crippen LogP contribution < -0.4 is 4.90 Å². The molecule has 1 fully saturated rings. The van der Waals surface area contributed by atoms with E-state index >= 15 is 0 Å². The molecule has 2 aromatic carbocycles. The normalized spacial score (nSPS) is 16.0. The third-order valence-electron chi connectivity index (χ3n) is 5.41. The molecule has 4 rings (SSSR count). The van der Waals surface area contributed by atoms with Crippen LogP contribution in [0, 0.1) is 6.92 Å². The van der Waals surface area contributed by atoms with Crippen molar-refractivity contribution in [3.8, 4) is 0 Å². The third kappa shape index (κ3) is 3.81. The van der Waals surface area contributed by atoms with Crippen LogP contribution in [0.2, 0.25) is 5.02 Å². The smallest absolute Gasteiger partial charge is 0.357 e. The van der Waals surface area contributed by atoms with Crippen molar-refractivity contribution >= 4 is 28.3 Å². The fourth-order valence-electron chi connectivity index (χ4n) is 3.96. The van der Waals surface area contributed by atoms with E-state index in [1.54, 1.807) is 0 Å². The first kappa shape index (κ1) is 19.1. The van der Waals surface area contributed by atoms with Gasteiger partial charge in [-0.1, -0.05) is 23.2 Å². The molecule has 0 radical (unpaired) electrons. The van der Waals surface area contributed by atoms with Gasteiger partial charge in [-0.15, -0.1) is 0 Å². The Labute approximate surface area is 166 Å². The summed E-state index contributed by atoms with van der Waals surface area (Å²) in [4.78, 5) is 6.88. The lowest BCUT2D eigenvalue weighted by molar-refractivity contribution is -0.138. The minimum absolute atomic E-state index is 0.158. The SMILES string of the molecule is Cc1ccc2nc(N3CCC(c4cc(Cl)ccc4C(F)(F)F)CC3)ccc2c1. The molecule has 0 unspecified atom stereocenters. The molecule has 3 aromatic rings. The number of fused-ring (bicyclic) bond motifs is 1. The van der Waals surface area contributed by atoms with Gasteiger partial charge in [0.05, 0.1) is 11.1 Å². The second-order valence-electron chi connectivity index (χ2n) is 7.36. The van der Waals surface area contributed by atoms with Gasteiger partial charge in [0, 0.05) is 23.5 Å². The number of nitrogens with zero attached hydrogens (tertiary/aromatic N) is 2. The van der Waals surface area contributed by atoms with Crippen LogP contribution in [0.5, 0.6) is 0 Å². The molecular formula is C22H20ClF3N2. The van der Waals surface area contributed by atoms with Crippen molar-refractivity contribution in [2.75, 3.05) is 18.0 Å². The molecule has 6 heteroatoms. The van der Waals surface area contributed by atoms with E-state index in [-0.39, 0.29) is 5.92 Å². The molecule has 1 aliphatic rings. The summed E-state index contributed by atoms with van der Waals surface area (Å²) in [5, 5.41) is 1.43. The number of aromatic nitrogens is 1. The van der Waals surface area contributed by atoms with Crippen LogP contribution in [0.25, 0.3) is 10.9 Å². The minimum atomic E-state index is -4.37. The van der Waals surface area contributed by atoms with Gasteiger partial charge in [0.2, 0.25) is 0 Å². The zero-order valence-electron chi connectivity index (χ0n) is 15.4. The monoisotopic (exact) mass is 404 g/mol. The summed E-state index contributed by atoms with van der Waals surface area (Å²) < 4.78 is 40.2. The number of rotatable bonds is 2. The lowest BCUT2D eigenvalue weighted by Crippen LogP contribution is -2.34. The van der Waals surface area contributed by atoms with Crippen molar-refractivity contribution in [1.82, 2.24) is 4.98 Å². The number of alkyl halides is 3. The maximum absolute atomic E-state index is 13.4. The zero-order chi connectivity index (χ0) is 19.9. The van der Waals surface area contributed by atoms with Gasteiger partial charge in [0.25, 0.3) is 0 Å². The second-order valence-corrected chi connectivity index (χ2v) is 7.79. The average molecular weight is 405 g/mol. The Morgan fingerprint density at radius 2 is 1.75 bits per heavy atom. The Hall–Kier alpha value is -2.27. The van der Waals surface area contributed by atoms with Gasteiger partial charge in [0.15, 0.2) is 0 Å². The molecule has 1 aliphatic heterocycles. The van der Waals surface area contributed by atoms with Crippen LogP contribution >= 0.6 is 11.6 Å². The van der Waals surface area contributed by atoms with E-state index in [1.165, 1.54) is 17.7 Å². The van der Waals surface area contributed by atoms with Gasteiger partial charge in [0.1, 0.15) is 5.82 Å². The van der Waals surface area contributed by atoms with E-state index < -0.39 is 11.7 Å². The quantitative estimate of drug-likeness (QED) is 0.478. The first-order chi connectivity index (χ1) is 13.3. The number of hydrogen-bond acceptors (Lipinski definition) is 2. The van der Waals surface area contributed by atoms with Crippen molar-refractivity contribution in [3.05, 3.63) is 70.2 Å². The molecule has 146 valence electrons. The maximum Gasteiger partial charge on any atom is 0.416 e. The highest BCUT2D eigenvalue weighted by Crippen LogP contribution is 2.40. The van der Waals surface area contributed by atoms with Crippen LogP contribution in [-0.2, 0) is 6.18 Å². The van der Waals surface area contributed by atoms with Crippen molar-refractivity contribution in [2.45, 2.75) is 31.9 Å². The molecule has 28 heavy (non-hydrogen) atoms. The van der Waals surface area contributed by atoms with E-state index in [0.29, 0.717) is 36.5 Å². The van der Waals surface area contributed by atoms with Crippen molar-refractivity contribution < 1.29 is 13.2 Å². The van der Waals surface area contributed by atoms with Crippen LogP contribution in [0.4, 0.5) is 19.0 Å². The maximum atomic E-state index is 13.4. The molecule has 0 saturated carbocycles. The van der Waals surface area contributed by atoms with Crippen LogP contribution in [0.1, 0.15) is 35.4 Å². The van der Waals surface area contributed by atoms with E-state index in [2.05, 4.69) is 17.0 Å². The largest absolute Gasteiger partial charge is 0.416 e. The molecular weight excluding hydrogens is 385 g/mol. The van der Waals surface area contributed by atoms with Gasteiger partial charge >= 0.3 is 6.18 Å². The summed E-state index contributed by atoms with van der Waals surface area (Å²) in [6.07, 6.45) is -3.09. The predicted molar refractivity (Wildman–Crippen MR) is 107 cm³/mol. The number of anilines is 1. The first-order valence-electron chi connectivity index (χ1n) is 9.30. The number of hydrogen-bond donors (Lipinski definition) is 0. The molecule has 0 atom stereocenters. The summed E-state index contributed by atoms with van der Waals surface area (Å²) in [6, 6.07) is 14.0. The van der Waals surface area contributed by atoms with Crippen molar-refractivity contribution in [3.63, 3.8) is 0 Å². The van der Waals surface area contributed by atoms with Gasteiger partial charge < -0.3 is 4.90 Å². The van der Waals surface area contributed by atoms with Crippen molar-refractivity contribution in [1.29, 1.82) is 0 Å². The number of halogens is 4. The molecule has 0 spiro atoms. The standard InChI is InChI=1S/C22H20ClF3N2/c1-14-2-6-20-16(12-14)3-7-21(27-20)28-10-8-15(9-11-28)18-13-17(23)4-5-19(18)22(24,25)26/h2-7,12-13,15H,8-11H2,1H3. The van der Waals surface area contributed by atoms with Crippen LogP contribution in [-0.4, -0.2) is 18.1 Å². The molecule has 2 nitrogen and oxygen atoms in total. The fraction of sp³-hybridized carbons (Fsp3) is 0.318. The molecule has 1 aromatic heterocycles. The highest BCUT2D eigenvalue weighted by Gasteiger charge is 2.36. The summed E-state index contributed by atoms with van der Waals surface area (Å²) >= 11 is 5.99. The summed E-state index contributed by atoms with van der Waals surface area (Å²) in [5.74, 6) is 0.714. The lowest BCUT2D eigenvalue weighted by Gasteiger charge is -2.34. The lowest BCUT2D eigenvalue weighted by atomic mass is 9.86. The molecule has 0 aliphatic carbocycles. The number of piperidine rings is 1. The number of aryl methyl sites for hydroxylation is 1. The summed E-state index contributed by atoms with van der Waals surface area (Å²) in [7, 11) is 0. The fourth-order valence-corrected chi connectivity index (χ4v) is 4.14. The highest BCUT2D eigenvalue weighted by atomic mass is 35.5. The Morgan fingerprint density at radius 1 is 1.00 bits per heavy atom. The molecule has 0 N–H and O–H groups in total. The molecule has 0 amide bonds. The molecule has 0 bridgehead atoms. The van der Waals surface area contributed by atoms with E-state index in [4.69, 9.17) is 16.6 Å². The average Bonchev–Trinajstić information content (AvgIpc) is 2.66. The molecule has 2 heterocycles. The van der Waals surface area contributed by atoms with Gasteiger partial charge in [-0.3, -0.25) is 0 Å². The summed E-state index contributed by atoms with van der Waals surface area (Å²) in [5.41, 5.74) is 1.85. The Bertz CT molecular complexity index is 1010. The van der Waals surface area contributed by atoms with E-state index in [1.807, 2.05) is 25.1 Å². The Balaban J connectivity index is 1.54. The summed E-state index contributed by atoms with van der Waals surface area (Å²) in [6.45, 7) is 3.38. The van der Waals surface area contributed by atoms with E-state index in [0.717, 1.165) is 22.8 Å². The number of pyridine rings is 1. The van der Waals surface area contributed by atoms with Crippen LogP contribution in [0.15, 0.2) is 48.5 Å². The Morgan fingerprint density at radius 3 is 2.46 bits per heavy atom. The third-order valence-corrected chi connectivity index (χ3v) is 5.64. The predicted octanol–water partition coefficient (Wildman–Crippen LogP) is 6.60. The first-order valence-corrected chi connectivity index (χ1v) is 9.68. The molecule has 1 saturated heterocycles. The zero-order valence-corrected chi connectivity index (χ0v) is 16.2. The van der Waals surface area contributed by atoms with Crippen molar-refractivity contribution in [2.24, 2.45) is 0 Å². The van der Waals surface area contributed by atoms with Crippen LogP contribution in [0.3, 0.4) is 0 Å².